The Morgan fingerprint density at radius 3 is 2.23 bits per heavy atom. The number of hydrogen-bond donors (Lipinski definition) is 2. The van der Waals surface area contributed by atoms with Crippen molar-refractivity contribution in [3.8, 4) is 16.8 Å². The zero-order valence-electron chi connectivity index (χ0n) is 18.2. The summed E-state index contributed by atoms with van der Waals surface area (Å²) in [5, 5.41) is 10.6. The van der Waals surface area contributed by atoms with Gasteiger partial charge in [-0.3, -0.25) is 9.59 Å². The first-order chi connectivity index (χ1) is 15.1. The number of nitrogens with zero attached hydrogens (tertiary/aromatic N) is 2. The first kappa shape index (κ1) is 22.3. The van der Waals surface area contributed by atoms with Gasteiger partial charge in [-0.05, 0) is 37.5 Å². The van der Waals surface area contributed by atoms with E-state index in [4.69, 9.17) is 5.10 Å². The van der Waals surface area contributed by atoms with E-state index in [0.29, 0.717) is 25.2 Å². The van der Waals surface area contributed by atoms with E-state index in [1.165, 1.54) is 0 Å². The summed E-state index contributed by atoms with van der Waals surface area (Å²) >= 11 is 0. The molecule has 2 aromatic carbocycles. The molecule has 6 nitrogen and oxygen atoms in total. The lowest BCUT2D eigenvalue weighted by Crippen LogP contribution is -2.24. The van der Waals surface area contributed by atoms with E-state index in [1.54, 1.807) is 4.68 Å². The molecule has 0 unspecified atom stereocenters. The van der Waals surface area contributed by atoms with Gasteiger partial charge in [0.1, 0.15) is 5.82 Å². The third-order valence-corrected chi connectivity index (χ3v) is 5.04. The summed E-state index contributed by atoms with van der Waals surface area (Å²) in [6, 6.07) is 19.7. The molecular formula is C25H30N4O2. The molecule has 0 radical (unpaired) electrons. The van der Waals surface area contributed by atoms with Crippen LogP contribution in [0.15, 0.2) is 60.7 Å². The molecule has 0 aliphatic carbocycles. The van der Waals surface area contributed by atoms with Gasteiger partial charge in [0.15, 0.2) is 0 Å². The van der Waals surface area contributed by atoms with Crippen LogP contribution in [0.4, 0.5) is 5.82 Å². The van der Waals surface area contributed by atoms with Crippen LogP contribution < -0.4 is 10.6 Å². The van der Waals surface area contributed by atoms with Crippen molar-refractivity contribution in [2.45, 2.75) is 46.0 Å². The second kappa shape index (κ2) is 11.1. The summed E-state index contributed by atoms with van der Waals surface area (Å²) in [4.78, 5) is 24.6. The lowest BCUT2D eigenvalue weighted by molar-refractivity contribution is -0.121. The molecule has 0 fully saturated rings. The molecule has 3 aromatic rings. The summed E-state index contributed by atoms with van der Waals surface area (Å²) in [6.07, 6.45) is 3.13. The molecule has 3 rings (SSSR count). The van der Waals surface area contributed by atoms with Crippen molar-refractivity contribution in [2.75, 3.05) is 11.9 Å². The number of unbranched alkanes of at least 4 members (excludes halogenated alkanes) is 1. The molecule has 31 heavy (non-hydrogen) atoms. The van der Waals surface area contributed by atoms with Crippen molar-refractivity contribution in [1.29, 1.82) is 0 Å². The highest BCUT2D eigenvalue weighted by atomic mass is 16.2. The van der Waals surface area contributed by atoms with Gasteiger partial charge >= 0.3 is 0 Å². The number of aromatic nitrogens is 2. The van der Waals surface area contributed by atoms with E-state index in [1.807, 2.05) is 67.6 Å². The van der Waals surface area contributed by atoms with Gasteiger partial charge in [-0.2, -0.15) is 5.10 Å². The molecule has 162 valence electrons. The normalized spacial score (nSPS) is 10.6. The number of hydrogen-bond acceptors (Lipinski definition) is 3. The molecule has 0 atom stereocenters. The van der Waals surface area contributed by atoms with Crippen LogP contribution in [0.1, 0.15) is 44.7 Å². The molecule has 0 spiro atoms. The molecule has 1 heterocycles. The minimum Gasteiger partial charge on any atom is -0.356 e. The van der Waals surface area contributed by atoms with Gasteiger partial charge in [0.25, 0.3) is 0 Å². The number of nitrogens with one attached hydrogen (secondary N) is 2. The van der Waals surface area contributed by atoms with Crippen molar-refractivity contribution in [1.82, 2.24) is 15.1 Å². The summed E-state index contributed by atoms with van der Waals surface area (Å²) in [7, 11) is 0. The first-order valence-electron chi connectivity index (χ1n) is 10.9. The third kappa shape index (κ3) is 6.04. The fourth-order valence-corrected chi connectivity index (χ4v) is 3.45. The number of carbonyl (C=O) groups excluding carboxylic acids is 2. The van der Waals surface area contributed by atoms with Crippen molar-refractivity contribution in [3.05, 3.63) is 66.4 Å². The Kier molecular flexibility index (Phi) is 7.98. The van der Waals surface area contributed by atoms with E-state index in [0.717, 1.165) is 35.3 Å². The Morgan fingerprint density at radius 2 is 1.55 bits per heavy atom. The second-order valence-electron chi connectivity index (χ2n) is 7.53. The molecule has 1 aromatic heterocycles. The topological polar surface area (TPSA) is 76.0 Å². The van der Waals surface area contributed by atoms with Crippen LogP contribution in [0.25, 0.3) is 16.8 Å². The maximum absolute atomic E-state index is 12.7. The summed E-state index contributed by atoms with van der Waals surface area (Å²) in [5.74, 6) is 0.513. The molecule has 2 N–H and O–H groups in total. The SMILES string of the molecule is CCCCNC(=O)CCCC(=O)Nc1c(-c2ccccc2)c(C)nn1-c1ccccc1. The van der Waals surface area contributed by atoms with Crippen molar-refractivity contribution >= 4 is 17.6 Å². The minimum atomic E-state index is -0.129. The number of para-hydroxylation sites is 1. The number of benzene rings is 2. The monoisotopic (exact) mass is 418 g/mol. The average molecular weight is 419 g/mol. The molecule has 0 bridgehead atoms. The molecule has 0 aliphatic rings. The lowest BCUT2D eigenvalue weighted by Gasteiger charge is -2.12. The number of anilines is 1. The van der Waals surface area contributed by atoms with Crippen LogP contribution in [0, 0.1) is 6.92 Å². The van der Waals surface area contributed by atoms with Crippen molar-refractivity contribution in [3.63, 3.8) is 0 Å². The maximum Gasteiger partial charge on any atom is 0.225 e. The second-order valence-corrected chi connectivity index (χ2v) is 7.53. The molecule has 6 heteroatoms. The van der Waals surface area contributed by atoms with Gasteiger partial charge < -0.3 is 10.6 Å². The summed E-state index contributed by atoms with van der Waals surface area (Å²) in [5.41, 5.74) is 3.60. The quantitative estimate of drug-likeness (QED) is 0.461. The van der Waals surface area contributed by atoms with E-state index >= 15 is 0 Å². The van der Waals surface area contributed by atoms with Crippen molar-refractivity contribution in [2.24, 2.45) is 0 Å². The lowest BCUT2D eigenvalue weighted by atomic mass is 10.1. The van der Waals surface area contributed by atoms with Gasteiger partial charge in [0.2, 0.25) is 11.8 Å². The van der Waals surface area contributed by atoms with Crippen LogP contribution in [-0.4, -0.2) is 28.1 Å². The highest BCUT2D eigenvalue weighted by molar-refractivity contribution is 5.95. The number of carbonyl (C=O) groups is 2. The standard InChI is InChI=1S/C25H30N4O2/c1-3-4-18-26-22(30)16-11-17-23(31)27-25-24(20-12-7-5-8-13-20)19(2)28-29(25)21-14-9-6-10-15-21/h5-10,12-15H,3-4,11,16-18H2,1-2H3,(H,26,30)(H,27,31). The van der Waals surface area contributed by atoms with Gasteiger partial charge in [0.05, 0.1) is 11.4 Å². The van der Waals surface area contributed by atoms with Gasteiger partial charge in [0, 0.05) is 24.9 Å². The summed E-state index contributed by atoms with van der Waals surface area (Å²) < 4.78 is 1.77. The van der Waals surface area contributed by atoms with Crippen LogP contribution >= 0.6 is 0 Å². The van der Waals surface area contributed by atoms with Gasteiger partial charge in [-0.15, -0.1) is 0 Å². The van der Waals surface area contributed by atoms with E-state index in [9.17, 15) is 9.59 Å². The Morgan fingerprint density at radius 1 is 0.903 bits per heavy atom. The number of amides is 2. The fraction of sp³-hybridized carbons (Fsp3) is 0.320. The van der Waals surface area contributed by atoms with Crippen LogP contribution in [0.5, 0.6) is 0 Å². The molecule has 2 amide bonds. The van der Waals surface area contributed by atoms with Crippen molar-refractivity contribution < 1.29 is 9.59 Å². The molecule has 0 aliphatic heterocycles. The smallest absolute Gasteiger partial charge is 0.225 e. The third-order valence-electron chi connectivity index (χ3n) is 5.04. The predicted molar refractivity (Wildman–Crippen MR) is 124 cm³/mol. The minimum absolute atomic E-state index is 0.00334. The highest BCUT2D eigenvalue weighted by Crippen LogP contribution is 2.33. The van der Waals surface area contributed by atoms with Crippen LogP contribution in [0.3, 0.4) is 0 Å². The predicted octanol–water partition coefficient (Wildman–Crippen LogP) is 4.87. The Balaban J connectivity index is 1.76. The largest absolute Gasteiger partial charge is 0.356 e. The zero-order valence-corrected chi connectivity index (χ0v) is 18.2. The maximum atomic E-state index is 12.7. The number of rotatable bonds is 10. The average Bonchev–Trinajstić information content (AvgIpc) is 3.10. The fourth-order valence-electron chi connectivity index (χ4n) is 3.45. The zero-order chi connectivity index (χ0) is 22.1. The van der Waals surface area contributed by atoms with Gasteiger partial charge in [-0.1, -0.05) is 61.9 Å². The summed E-state index contributed by atoms with van der Waals surface area (Å²) in [6.45, 7) is 4.72. The molecule has 0 saturated heterocycles. The van der Waals surface area contributed by atoms with E-state index < -0.39 is 0 Å². The number of aryl methyl sites for hydroxylation is 1. The Labute approximate surface area is 183 Å². The molecule has 0 saturated carbocycles. The van der Waals surface area contributed by atoms with E-state index in [2.05, 4.69) is 17.6 Å². The Hall–Kier alpha value is -3.41. The Bertz CT molecular complexity index is 997. The van der Waals surface area contributed by atoms with Crippen LogP contribution in [0.2, 0.25) is 0 Å². The van der Waals surface area contributed by atoms with E-state index in [-0.39, 0.29) is 18.2 Å². The highest BCUT2D eigenvalue weighted by Gasteiger charge is 2.20. The molecular weight excluding hydrogens is 388 g/mol. The first-order valence-corrected chi connectivity index (χ1v) is 10.9. The van der Waals surface area contributed by atoms with Crippen LogP contribution in [-0.2, 0) is 9.59 Å². The van der Waals surface area contributed by atoms with Gasteiger partial charge in [-0.25, -0.2) is 4.68 Å².